The molecule has 0 amide bonds. The molecular weight excluding hydrogens is 504 g/mol. The van der Waals surface area contributed by atoms with Gasteiger partial charge in [-0.1, -0.05) is 42.5 Å². The summed E-state index contributed by atoms with van der Waals surface area (Å²) in [6, 6.07) is 23.8. The lowest BCUT2D eigenvalue weighted by atomic mass is 9.99. The molecule has 0 aliphatic rings. The van der Waals surface area contributed by atoms with Crippen LogP contribution < -0.4 is 10.3 Å². The maximum absolute atomic E-state index is 13.8. The molecule has 0 fully saturated rings. The summed E-state index contributed by atoms with van der Waals surface area (Å²) in [6.45, 7) is 6.14. The molecule has 1 atom stereocenters. The van der Waals surface area contributed by atoms with Crippen molar-refractivity contribution in [2.75, 3.05) is 20.8 Å². The highest BCUT2D eigenvalue weighted by atomic mass is 16.5. The number of tetrazole rings is 1. The largest absolute Gasteiger partial charge is 0.497 e. The molecule has 5 rings (SSSR count). The number of hydrogen-bond donors (Lipinski definition) is 1. The number of pyridine rings is 1. The summed E-state index contributed by atoms with van der Waals surface area (Å²) >= 11 is 0. The van der Waals surface area contributed by atoms with Gasteiger partial charge in [-0.25, -0.2) is 4.68 Å². The average molecular weight is 539 g/mol. The van der Waals surface area contributed by atoms with Crippen LogP contribution in [-0.2, 0) is 24.4 Å². The van der Waals surface area contributed by atoms with Gasteiger partial charge >= 0.3 is 0 Å². The summed E-state index contributed by atoms with van der Waals surface area (Å²) in [7, 11) is 3.30. The highest BCUT2D eigenvalue weighted by molar-refractivity contribution is 5.81. The molecule has 9 heteroatoms. The van der Waals surface area contributed by atoms with E-state index >= 15 is 0 Å². The van der Waals surface area contributed by atoms with Crippen LogP contribution in [0.1, 0.15) is 39.7 Å². The number of hydrogen-bond acceptors (Lipinski definition) is 7. The molecule has 5 aromatic rings. The molecule has 9 nitrogen and oxygen atoms in total. The molecule has 0 bridgehead atoms. The predicted octanol–water partition coefficient (Wildman–Crippen LogP) is 4.58. The minimum absolute atomic E-state index is 0.171. The van der Waals surface area contributed by atoms with E-state index in [9.17, 15) is 4.79 Å². The molecule has 0 saturated heterocycles. The number of ether oxygens (including phenoxy) is 2. The van der Waals surface area contributed by atoms with Gasteiger partial charge in [-0.3, -0.25) is 9.69 Å². The standard InChI is InChI=1S/C31H34N6O3/c1-21-16-25-18-27(31(38)32-28(25)17-22(21)2)29(30-33-34-35-37(30)14-15-39-3)36(19-23-8-6-5-7-9-23)20-24-10-12-26(40-4)13-11-24/h5-13,16-18,29H,14-15,19-20H2,1-4H3,(H,32,38). The Morgan fingerprint density at radius 2 is 1.62 bits per heavy atom. The Labute approximate surface area is 233 Å². The van der Waals surface area contributed by atoms with Crippen LogP contribution in [0.5, 0.6) is 5.75 Å². The molecule has 0 spiro atoms. The molecular formula is C31H34N6O3. The summed E-state index contributed by atoms with van der Waals surface area (Å²) < 4.78 is 12.4. The van der Waals surface area contributed by atoms with E-state index in [1.165, 1.54) is 0 Å². The summed E-state index contributed by atoms with van der Waals surface area (Å²) in [5.41, 5.74) is 5.68. The van der Waals surface area contributed by atoms with Crippen molar-refractivity contribution in [1.29, 1.82) is 0 Å². The molecule has 1 N–H and O–H groups in total. The zero-order valence-electron chi connectivity index (χ0n) is 23.3. The second-order valence-corrected chi connectivity index (χ2v) is 9.97. The van der Waals surface area contributed by atoms with E-state index < -0.39 is 6.04 Å². The van der Waals surface area contributed by atoms with Gasteiger partial charge in [0.05, 0.1) is 20.3 Å². The number of fused-ring (bicyclic) bond motifs is 1. The maximum Gasteiger partial charge on any atom is 0.253 e. The first kappa shape index (κ1) is 27.2. The van der Waals surface area contributed by atoms with Gasteiger partial charge in [0.15, 0.2) is 5.82 Å². The molecule has 40 heavy (non-hydrogen) atoms. The van der Waals surface area contributed by atoms with Crippen LogP contribution in [0.2, 0.25) is 0 Å². The van der Waals surface area contributed by atoms with Crippen LogP contribution in [0, 0.1) is 13.8 Å². The third kappa shape index (κ3) is 5.95. The van der Waals surface area contributed by atoms with Gasteiger partial charge in [0, 0.05) is 31.3 Å². The van der Waals surface area contributed by atoms with Crippen molar-refractivity contribution in [3.63, 3.8) is 0 Å². The lowest BCUT2D eigenvalue weighted by Gasteiger charge is -2.31. The third-order valence-electron chi connectivity index (χ3n) is 7.23. The Morgan fingerprint density at radius 1 is 0.925 bits per heavy atom. The average Bonchev–Trinajstić information content (AvgIpc) is 3.42. The molecule has 206 valence electrons. The van der Waals surface area contributed by atoms with Crippen molar-refractivity contribution in [2.45, 2.75) is 39.5 Å². The van der Waals surface area contributed by atoms with Crippen LogP contribution in [0.4, 0.5) is 0 Å². The summed E-state index contributed by atoms with van der Waals surface area (Å²) in [4.78, 5) is 19.2. The Morgan fingerprint density at radius 3 is 2.33 bits per heavy atom. The fourth-order valence-electron chi connectivity index (χ4n) is 4.96. The fraction of sp³-hybridized carbons (Fsp3) is 0.290. The Bertz CT molecular complexity index is 1630. The number of H-pyrrole nitrogens is 1. The van der Waals surface area contributed by atoms with E-state index in [4.69, 9.17) is 9.47 Å². The predicted molar refractivity (Wildman–Crippen MR) is 154 cm³/mol. The first-order chi connectivity index (χ1) is 19.5. The van der Waals surface area contributed by atoms with Crippen LogP contribution in [-0.4, -0.2) is 50.9 Å². The molecule has 3 aromatic carbocycles. The fourth-order valence-corrected chi connectivity index (χ4v) is 4.96. The van der Waals surface area contributed by atoms with Crippen LogP contribution in [0.3, 0.4) is 0 Å². The Kier molecular flexibility index (Phi) is 8.33. The number of nitrogens with one attached hydrogen (secondary N) is 1. The van der Waals surface area contributed by atoms with E-state index in [1.54, 1.807) is 18.9 Å². The molecule has 2 heterocycles. The lowest BCUT2D eigenvalue weighted by molar-refractivity contribution is 0.169. The van der Waals surface area contributed by atoms with Crippen molar-refractivity contribution in [3.8, 4) is 5.75 Å². The van der Waals surface area contributed by atoms with Crippen LogP contribution in [0.25, 0.3) is 10.9 Å². The van der Waals surface area contributed by atoms with E-state index in [1.807, 2.05) is 61.5 Å². The van der Waals surface area contributed by atoms with Crippen molar-refractivity contribution in [1.82, 2.24) is 30.1 Å². The third-order valence-corrected chi connectivity index (χ3v) is 7.23. The van der Waals surface area contributed by atoms with Gasteiger partial charge in [-0.05, 0) is 82.2 Å². The molecule has 0 aliphatic carbocycles. The number of aromatic nitrogens is 5. The summed E-state index contributed by atoms with van der Waals surface area (Å²) in [5, 5.41) is 13.7. The van der Waals surface area contributed by atoms with Gasteiger partial charge in [-0.2, -0.15) is 0 Å². The van der Waals surface area contributed by atoms with Gasteiger partial charge in [-0.15, -0.1) is 5.10 Å². The van der Waals surface area contributed by atoms with E-state index in [0.29, 0.717) is 37.6 Å². The first-order valence-electron chi connectivity index (χ1n) is 13.3. The zero-order chi connectivity index (χ0) is 28.1. The number of aryl methyl sites for hydroxylation is 2. The Hall–Kier alpha value is -4.34. The van der Waals surface area contributed by atoms with E-state index in [-0.39, 0.29) is 5.56 Å². The van der Waals surface area contributed by atoms with Gasteiger partial charge < -0.3 is 14.5 Å². The highest BCUT2D eigenvalue weighted by Gasteiger charge is 2.31. The number of rotatable bonds is 11. The number of methoxy groups -OCH3 is 2. The monoisotopic (exact) mass is 538 g/mol. The highest BCUT2D eigenvalue weighted by Crippen LogP contribution is 2.31. The second kappa shape index (κ2) is 12.2. The van der Waals surface area contributed by atoms with Gasteiger partial charge in [0.1, 0.15) is 11.8 Å². The minimum Gasteiger partial charge on any atom is -0.497 e. The summed E-state index contributed by atoms with van der Waals surface area (Å²) in [5.74, 6) is 1.37. The molecule has 0 aliphatic heterocycles. The number of nitrogens with zero attached hydrogens (tertiary/aromatic N) is 5. The van der Waals surface area contributed by atoms with E-state index in [2.05, 4.69) is 50.5 Å². The van der Waals surface area contributed by atoms with Crippen molar-refractivity contribution < 1.29 is 9.47 Å². The quantitative estimate of drug-likeness (QED) is 0.263. The van der Waals surface area contributed by atoms with Crippen LogP contribution >= 0.6 is 0 Å². The second-order valence-electron chi connectivity index (χ2n) is 9.97. The number of aromatic amines is 1. The molecule has 1 unspecified atom stereocenters. The van der Waals surface area contributed by atoms with E-state index in [0.717, 1.165) is 38.9 Å². The van der Waals surface area contributed by atoms with Crippen molar-refractivity contribution in [3.05, 3.63) is 117 Å². The number of benzene rings is 3. The topological polar surface area (TPSA) is 98.2 Å². The van der Waals surface area contributed by atoms with Gasteiger partial charge in [0.2, 0.25) is 0 Å². The molecule has 0 saturated carbocycles. The molecule has 2 aromatic heterocycles. The Balaban J connectivity index is 1.68. The smallest absolute Gasteiger partial charge is 0.253 e. The zero-order valence-corrected chi connectivity index (χ0v) is 23.3. The first-order valence-corrected chi connectivity index (χ1v) is 13.3. The van der Waals surface area contributed by atoms with Crippen molar-refractivity contribution in [2.24, 2.45) is 0 Å². The maximum atomic E-state index is 13.8. The van der Waals surface area contributed by atoms with Crippen LogP contribution in [0.15, 0.2) is 77.6 Å². The minimum atomic E-state index is -0.538. The molecule has 0 radical (unpaired) electrons. The SMILES string of the molecule is COCCn1nnnc1C(c1cc2cc(C)c(C)cc2[nH]c1=O)N(Cc1ccccc1)Cc1ccc(OC)cc1. The normalized spacial score (nSPS) is 12.2. The van der Waals surface area contributed by atoms with Crippen molar-refractivity contribution >= 4 is 10.9 Å². The van der Waals surface area contributed by atoms with Gasteiger partial charge in [0.25, 0.3) is 5.56 Å². The summed E-state index contributed by atoms with van der Waals surface area (Å²) in [6.07, 6.45) is 0. The lowest BCUT2D eigenvalue weighted by Crippen LogP contribution is -2.35.